The van der Waals surface area contributed by atoms with Gasteiger partial charge in [0, 0.05) is 13.0 Å². The van der Waals surface area contributed by atoms with Crippen molar-refractivity contribution in [2.75, 3.05) is 26.4 Å². The molecule has 0 saturated heterocycles. The van der Waals surface area contributed by atoms with Crippen molar-refractivity contribution in [1.82, 2.24) is 0 Å². The Morgan fingerprint density at radius 2 is 0.846 bits per heavy atom. The largest absolute Gasteiger partial charge is 0.480 e. The Balaban J connectivity index is 4.12. The molecule has 3 unspecified atom stereocenters. The lowest BCUT2D eigenvalue weighted by molar-refractivity contribution is -0.154. The average Bonchev–Trinajstić information content (AvgIpc) is 3.29. The predicted octanol–water partition coefficient (Wildman–Crippen LogP) is 16.0. The predicted molar refractivity (Wildman–Crippen MR) is 272 cm³/mol. The number of aliphatic carboxylic acids is 1. The Kier molecular flexibility index (Phi) is 48.7. The van der Waals surface area contributed by atoms with Crippen LogP contribution < -0.4 is 5.73 Å². The fraction of sp³-hybridized carbons (Fsp3) is 0.852. The van der Waals surface area contributed by atoms with Gasteiger partial charge in [-0.2, -0.15) is 0 Å². The molecule has 0 amide bonds. The van der Waals surface area contributed by atoms with E-state index in [1.165, 1.54) is 180 Å². The molecule has 0 saturated carbocycles. The number of phosphoric acid groups is 1. The number of carboxylic acid groups (broad SMARTS) is 1. The highest BCUT2D eigenvalue weighted by molar-refractivity contribution is 7.47. The lowest BCUT2D eigenvalue weighted by Gasteiger charge is -2.20. The van der Waals surface area contributed by atoms with Crippen LogP contribution in [0.2, 0.25) is 0 Å². The summed E-state index contributed by atoms with van der Waals surface area (Å²) in [6.07, 6.45) is 59.2. The van der Waals surface area contributed by atoms with Crippen LogP contribution in [0.1, 0.15) is 258 Å². The molecule has 11 heteroatoms. The van der Waals surface area contributed by atoms with Crippen molar-refractivity contribution < 1.29 is 42.7 Å². The summed E-state index contributed by atoms with van der Waals surface area (Å²) in [5.74, 6) is -1.77. The number of nitrogens with two attached hydrogens (primary N) is 1. The number of rotatable bonds is 52. The summed E-state index contributed by atoms with van der Waals surface area (Å²) in [5.41, 5.74) is 5.38. The van der Waals surface area contributed by atoms with Crippen molar-refractivity contribution in [2.24, 2.45) is 5.73 Å². The van der Waals surface area contributed by atoms with Gasteiger partial charge < -0.3 is 25.2 Å². The lowest BCUT2D eigenvalue weighted by atomic mass is 10.0. The third-order valence-electron chi connectivity index (χ3n) is 11.9. The number of hydrogen-bond donors (Lipinski definition) is 3. The molecule has 0 aromatic heterocycles. The van der Waals surface area contributed by atoms with E-state index in [0.717, 1.165) is 51.4 Å². The molecule has 10 nitrogen and oxygen atoms in total. The molecule has 0 radical (unpaired) electrons. The van der Waals surface area contributed by atoms with E-state index in [-0.39, 0.29) is 13.0 Å². The molecule has 65 heavy (non-hydrogen) atoms. The Labute approximate surface area is 399 Å². The number of carbonyl (C=O) groups is 2. The monoisotopic (exact) mass is 940 g/mol. The molecule has 4 N–H and O–H groups in total. The number of hydrogen-bond acceptors (Lipinski definition) is 8. The van der Waals surface area contributed by atoms with Gasteiger partial charge in [-0.3, -0.25) is 18.6 Å². The minimum atomic E-state index is -4.62. The number of esters is 1. The molecule has 0 fully saturated rings. The molecule has 0 heterocycles. The van der Waals surface area contributed by atoms with Crippen molar-refractivity contribution >= 4 is 19.8 Å². The van der Waals surface area contributed by atoms with Crippen LogP contribution in [0.25, 0.3) is 0 Å². The topological polar surface area (TPSA) is 155 Å². The van der Waals surface area contributed by atoms with Crippen molar-refractivity contribution in [3.8, 4) is 0 Å². The fourth-order valence-corrected chi connectivity index (χ4v) is 8.51. The summed E-state index contributed by atoms with van der Waals surface area (Å²) in [7, 11) is -4.62. The molecule has 0 aliphatic rings. The second-order valence-electron chi connectivity index (χ2n) is 18.4. The van der Waals surface area contributed by atoms with Gasteiger partial charge in [0.15, 0.2) is 0 Å². The second-order valence-corrected chi connectivity index (χ2v) is 19.8. The van der Waals surface area contributed by atoms with E-state index in [0.29, 0.717) is 13.0 Å². The molecule has 0 aromatic carbocycles. The van der Waals surface area contributed by atoms with Gasteiger partial charge in [0.05, 0.1) is 19.8 Å². The lowest BCUT2D eigenvalue weighted by Crippen LogP contribution is -2.34. The quantitative estimate of drug-likeness (QED) is 0.0232. The van der Waals surface area contributed by atoms with Crippen molar-refractivity contribution in [3.63, 3.8) is 0 Å². The molecule has 0 rings (SSSR count). The summed E-state index contributed by atoms with van der Waals surface area (Å²) in [6.45, 7) is 3.90. The zero-order chi connectivity index (χ0) is 47.6. The highest BCUT2D eigenvalue weighted by atomic mass is 31.2. The smallest absolute Gasteiger partial charge is 0.472 e. The van der Waals surface area contributed by atoms with Gasteiger partial charge in [0.1, 0.15) is 12.1 Å². The Morgan fingerprint density at radius 1 is 0.492 bits per heavy atom. The third kappa shape index (κ3) is 49.9. The minimum absolute atomic E-state index is 0.0132. The van der Waals surface area contributed by atoms with E-state index in [4.69, 9.17) is 29.4 Å². The van der Waals surface area contributed by atoms with Gasteiger partial charge in [-0.1, -0.05) is 237 Å². The minimum Gasteiger partial charge on any atom is -0.480 e. The number of ether oxygens (including phenoxy) is 2. The van der Waals surface area contributed by atoms with E-state index < -0.39 is 45.1 Å². The van der Waals surface area contributed by atoms with Crippen LogP contribution in [-0.4, -0.2) is 60.5 Å². The van der Waals surface area contributed by atoms with Gasteiger partial charge >= 0.3 is 19.8 Å². The molecule has 0 aliphatic heterocycles. The van der Waals surface area contributed by atoms with E-state index in [1.54, 1.807) is 0 Å². The van der Waals surface area contributed by atoms with E-state index in [9.17, 15) is 19.0 Å². The maximum Gasteiger partial charge on any atom is 0.472 e. The Morgan fingerprint density at radius 3 is 1.26 bits per heavy atom. The maximum atomic E-state index is 12.7. The molecular weight excluding hydrogens is 838 g/mol. The summed E-state index contributed by atoms with van der Waals surface area (Å²) in [4.78, 5) is 33.7. The van der Waals surface area contributed by atoms with Crippen LogP contribution in [0.4, 0.5) is 0 Å². The van der Waals surface area contributed by atoms with Crippen LogP contribution in [0.5, 0.6) is 0 Å². The zero-order valence-electron chi connectivity index (χ0n) is 42.1. The molecule has 0 aliphatic carbocycles. The number of unbranched alkanes of at least 4 members (excludes halogenated alkanes) is 32. The van der Waals surface area contributed by atoms with Gasteiger partial charge in [-0.25, -0.2) is 4.57 Å². The molecular formula is C54H102NO9P. The summed E-state index contributed by atoms with van der Waals surface area (Å²) < 4.78 is 33.6. The molecule has 0 aromatic rings. The zero-order valence-corrected chi connectivity index (χ0v) is 43.0. The first-order chi connectivity index (χ1) is 31.7. The van der Waals surface area contributed by atoms with E-state index >= 15 is 0 Å². The Hall–Kier alpha value is -1.81. The summed E-state index contributed by atoms with van der Waals surface area (Å²) in [5, 5.41) is 8.94. The normalized spacial score (nSPS) is 13.9. The molecule has 382 valence electrons. The maximum absolute atomic E-state index is 12.7. The van der Waals surface area contributed by atoms with Crippen LogP contribution in [0, 0.1) is 0 Å². The first-order valence-electron chi connectivity index (χ1n) is 27.0. The van der Waals surface area contributed by atoms with Crippen molar-refractivity contribution in [3.05, 3.63) is 36.5 Å². The number of carboxylic acids is 1. The second kappa shape index (κ2) is 50.1. The van der Waals surface area contributed by atoms with Gasteiger partial charge in [0.2, 0.25) is 0 Å². The Bertz CT molecular complexity index is 1180. The summed E-state index contributed by atoms with van der Waals surface area (Å²) in [6, 6.07) is -1.47. The van der Waals surface area contributed by atoms with Gasteiger partial charge in [0.25, 0.3) is 0 Å². The van der Waals surface area contributed by atoms with Crippen molar-refractivity contribution in [1.29, 1.82) is 0 Å². The first-order valence-corrected chi connectivity index (χ1v) is 28.5. The molecule has 0 spiro atoms. The van der Waals surface area contributed by atoms with Gasteiger partial charge in [-0.15, -0.1) is 0 Å². The highest BCUT2D eigenvalue weighted by Crippen LogP contribution is 2.43. The van der Waals surface area contributed by atoms with E-state index in [2.05, 4.69) is 50.3 Å². The molecule has 0 bridgehead atoms. The van der Waals surface area contributed by atoms with Crippen LogP contribution in [-0.2, 0) is 32.7 Å². The third-order valence-corrected chi connectivity index (χ3v) is 12.9. The van der Waals surface area contributed by atoms with Crippen molar-refractivity contribution in [2.45, 2.75) is 270 Å². The van der Waals surface area contributed by atoms with E-state index in [1.807, 2.05) is 0 Å². The first kappa shape index (κ1) is 63.2. The average molecular weight is 940 g/mol. The highest BCUT2D eigenvalue weighted by Gasteiger charge is 2.27. The van der Waals surface area contributed by atoms with Crippen LogP contribution >= 0.6 is 7.82 Å². The fourth-order valence-electron chi connectivity index (χ4n) is 7.73. The van der Waals surface area contributed by atoms with Gasteiger partial charge in [-0.05, 0) is 51.4 Å². The SMILES string of the molecule is CCCCCCC/C=C\C/C=C\C/C=C\CCCCCCCCCOCC(COP(=O)(O)OCC(N)C(=O)O)OC(=O)CCCCCCCCCCCCCCCCCCCCCCC. The standard InChI is InChI=1S/C54H102NO9P/c1-3-5-7-9-11-13-15-17-19-21-23-25-27-29-31-33-35-37-39-41-43-45-47-61-48-51(49-62-65(59,60)63-50-52(55)54(57)58)64-53(56)46-44-42-40-38-36-34-32-30-28-26-24-22-20-18-16-14-12-10-8-6-4-2/h15,17,21,23,27,29,51-52H,3-14,16,18-20,22,24-26,28,30-50,55H2,1-2H3,(H,57,58)(H,59,60)/b17-15-,23-21-,29-27-. The van der Waals surface area contributed by atoms with Crippen LogP contribution in [0.3, 0.4) is 0 Å². The number of phosphoric ester groups is 1. The number of carbonyl (C=O) groups excluding carboxylic acids is 1. The van der Waals surface area contributed by atoms with Crippen LogP contribution in [0.15, 0.2) is 36.5 Å². The number of allylic oxidation sites excluding steroid dienone is 6. The summed E-state index contributed by atoms with van der Waals surface area (Å²) >= 11 is 0. The molecule has 3 atom stereocenters.